The fourth-order valence-electron chi connectivity index (χ4n) is 4.07. The van der Waals surface area contributed by atoms with Crippen LogP contribution in [0.2, 0.25) is 0 Å². The highest BCUT2D eigenvalue weighted by atomic mass is 16.5. The lowest BCUT2D eigenvalue weighted by Crippen LogP contribution is -2.41. The molecule has 2 aromatic heterocycles. The molecule has 1 saturated carbocycles. The van der Waals surface area contributed by atoms with Crippen LogP contribution < -0.4 is 4.74 Å². The molecule has 0 saturated heterocycles. The number of rotatable bonds is 3. The van der Waals surface area contributed by atoms with Crippen LogP contribution in [-0.4, -0.2) is 50.7 Å². The molecular weight excluding hydrogens is 326 g/mol. The molecule has 0 bridgehead atoms. The summed E-state index contributed by atoms with van der Waals surface area (Å²) in [6.07, 6.45) is 8.54. The average Bonchev–Trinajstić information content (AvgIpc) is 2.86. The zero-order valence-electron chi connectivity index (χ0n) is 15.1. The predicted molar refractivity (Wildman–Crippen MR) is 100 cm³/mol. The first-order valence-corrected chi connectivity index (χ1v) is 9.41. The summed E-state index contributed by atoms with van der Waals surface area (Å²) in [5, 5.41) is 0. The summed E-state index contributed by atoms with van der Waals surface area (Å²) in [7, 11) is 1.61. The van der Waals surface area contributed by atoms with E-state index >= 15 is 0 Å². The van der Waals surface area contributed by atoms with Gasteiger partial charge >= 0.3 is 0 Å². The van der Waals surface area contributed by atoms with Gasteiger partial charge in [-0.15, -0.1) is 0 Å². The number of hydrogen-bond donors (Lipinski definition) is 0. The van der Waals surface area contributed by atoms with E-state index in [0.29, 0.717) is 5.88 Å². The van der Waals surface area contributed by atoms with E-state index in [9.17, 15) is 0 Å². The van der Waals surface area contributed by atoms with Gasteiger partial charge in [-0.1, -0.05) is 12.5 Å². The molecule has 0 N–H and O–H groups in total. The molecule has 1 aliphatic carbocycles. The molecule has 1 aromatic carbocycles. The molecule has 0 spiro atoms. The van der Waals surface area contributed by atoms with E-state index in [2.05, 4.69) is 37.6 Å². The maximum absolute atomic E-state index is 5.19. The molecule has 1 aliphatic heterocycles. The van der Waals surface area contributed by atoms with Crippen molar-refractivity contribution in [1.29, 1.82) is 0 Å². The monoisotopic (exact) mass is 349 g/mol. The lowest BCUT2D eigenvalue weighted by atomic mass is 9.91. The topological polar surface area (TPSA) is 56.1 Å². The summed E-state index contributed by atoms with van der Waals surface area (Å²) >= 11 is 0. The van der Waals surface area contributed by atoms with Crippen LogP contribution in [0.5, 0.6) is 5.88 Å². The molecule has 6 heteroatoms. The van der Waals surface area contributed by atoms with Crippen molar-refractivity contribution in [2.24, 2.45) is 0 Å². The van der Waals surface area contributed by atoms with Crippen molar-refractivity contribution in [3.63, 3.8) is 0 Å². The number of benzene rings is 1. The zero-order chi connectivity index (χ0) is 17.5. The van der Waals surface area contributed by atoms with Gasteiger partial charge in [0.05, 0.1) is 36.2 Å². The number of nitrogens with zero attached hydrogens (tertiary/aromatic N) is 5. The summed E-state index contributed by atoms with van der Waals surface area (Å²) in [5.41, 5.74) is 4.09. The van der Waals surface area contributed by atoms with Crippen LogP contribution in [0.4, 0.5) is 0 Å². The van der Waals surface area contributed by atoms with Crippen LogP contribution in [0.25, 0.3) is 22.3 Å². The first-order valence-electron chi connectivity index (χ1n) is 9.41. The molecule has 3 aromatic rings. The van der Waals surface area contributed by atoms with E-state index in [1.165, 1.54) is 30.6 Å². The number of fused-ring (bicyclic) bond motifs is 3. The first kappa shape index (κ1) is 15.8. The minimum Gasteiger partial charge on any atom is -0.480 e. The van der Waals surface area contributed by atoms with Gasteiger partial charge in [0.2, 0.25) is 5.88 Å². The van der Waals surface area contributed by atoms with Gasteiger partial charge in [0.25, 0.3) is 0 Å². The highest BCUT2D eigenvalue weighted by Gasteiger charge is 2.27. The second-order valence-electron chi connectivity index (χ2n) is 7.20. The van der Waals surface area contributed by atoms with Crippen LogP contribution in [0.3, 0.4) is 0 Å². The molecule has 0 amide bonds. The van der Waals surface area contributed by atoms with Crippen molar-refractivity contribution in [2.45, 2.75) is 38.3 Å². The Hall–Kier alpha value is -2.47. The van der Waals surface area contributed by atoms with Gasteiger partial charge in [0.15, 0.2) is 0 Å². The molecule has 3 heterocycles. The van der Waals surface area contributed by atoms with Crippen LogP contribution in [0.15, 0.2) is 30.6 Å². The lowest BCUT2D eigenvalue weighted by Gasteiger charge is -2.36. The SMILES string of the molecule is COc1cncc(-c2ccc3c(c2)nc2n3CCN(C3CCC3)CC2)n1. The maximum atomic E-state index is 5.19. The van der Waals surface area contributed by atoms with Crippen molar-refractivity contribution >= 4 is 11.0 Å². The van der Waals surface area contributed by atoms with E-state index in [1.807, 2.05) is 0 Å². The average molecular weight is 349 g/mol. The summed E-state index contributed by atoms with van der Waals surface area (Å²) in [6, 6.07) is 7.20. The number of imidazole rings is 1. The standard InChI is InChI=1S/C20H23N5O/c1-26-20-13-21-12-17(23-20)14-5-6-18-16(11-14)22-19-7-8-24(9-10-25(18)19)15-3-2-4-15/h5-6,11-13,15H,2-4,7-10H2,1H3. The van der Waals surface area contributed by atoms with Gasteiger partial charge in [0.1, 0.15) is 5.82 Å². The third-order valence-electron chi connectivity index (χ3n) is 5.77. The predicted octanol–water partition coefficient (Wildman–Crippen LogP) is 2.91. The van der Waals surface area contributed by atoms with E-state index < -0.39 is 0 Å². The molecule has 0 atom stereocenters. The van der Waals surface area contributed by atoms with Crippen molar-refractivity contribution in [3.05, 3.63) is 36.4 Å². The van der Waals surface area contributed by atoms with Crippen LogP contribution >= 0.6 is 0 Å². The zero-order valence-corrected chi connectivity index (χ0v) is 15.1. The molecule has 0 unspecified atom stereocenters. The maximum Gasteiger partial charge on any atom is 0.232 e. The molecule has 1 fully saturated rings. The number of methoxy groups -OCH3 is 1. The smallest absolute Gasteiger partial charge is 0.232 e. The fraction of sp³-hybridized carbons (Fsp3) is 0.450. The molecular formula is C20H23N5O. The lowest BCUT2D eigenvalue weighted by molar-refractivity contribution is 0.130. The quantitative estimate of drug-likeness (QED) is 0.728. The van der Waals surface area contributed by atoms with Gasteiger partial charge in [0, 0.05) is 37.7 Å². The van der Waals surface area contributed by atoms with Gasteiger partial charge < -0.3 is 9.30 Å². The van der Waals surface area contributed by atoms with E-state index in [1.54, 1.807) is 19.5 Å². The van der Waals surface area contributed by atoms with E-state index in [4.69, 9.17) is 9.72 Å². The Morgan fingerprint density at radius 3 is 2.81 bits per heavy atom. The van der Waals surface area contributed by atoms with Gasteiger partial charge in [-0.3, -0.25) is 9.88 Å². The summed E-state index contributed by atoms with van der Waals surface area (Å²) in [4.78, 5) is 16.3. The van der Waals surface area contributed by atoms with Crippen molar-refractivity contribution < 1.29 is 4.74 Å². The minimum absolute atomic E-state index is 0.527. The third-order valence-corrected chi connectivity index (χ3v) is 5.77. The van der Waals surface area contributed by atoms with Crippen molar-refractivity contribution in [3.8, 4) is 17.1 Å². The molecule has 6 nitrogen and oxygen atoms in total. The second-order valence-corrected chi connectivity index (χ2v) is 7.20. The Balaban J connectivity index is 1.46. The van der Waals surface area contributed by atoms with Crippen molar-refractivity contribution in [2.75, 3.05) is 20.2 Å². The third kappa shape index (κ3) is 2.65. The number of aromatic nitrogens is 4. The molecule has 5 rings (SSSR count). The van der Waals surface area contributed by atoms with Crippen molar-refractivity contribution in [1.82, 2.24) is 24.4 Å². The first-order chi connectivity index (χ1) is 12.8. The molecule has 26 heavy (non-hydrogen) atoms. The number of ether oxygens (including phenoxy) is 1. The normalized spacial score (nSPS) is 18.3. The van der Waals surface area contributed by atoms with Gasteiger partial charge in [-0.2, -0.15) is 0 Å². The highest BCUT2D eigenvalue weighted by molar-refractivity contribution is 5.82. The Labute approximate surface area is 152 Å². The Morgan fingerprint density at radius 2 is 2.00 bits per heavy atom. The highest BCUT2D eigenvalue weighted by Crippen LogP contribution is 2.29. The number of hydrogen-bond acceptors (Lipinski definition) is 5. The van der Waals surface area contributed by atoms with E-state index in [-0.39, 0.29) is 0 Å². The van der Waals surface area contributed by atoms with E-state index in [0.717, 1.165) is 48.9 Å². The Morgan fingerprint density at radius 1 is 1.08 bits per heavy atom. The minimum atomic E-state index is 0.527. The van der Waals surface area contributed by atoms with Crippen LogP contribution in [-0.2, 0) is 13.0 Å². The molecule has 2 aliphatic rings. The van der Waals surface area contributed by atoms with Crippen LogP contribution in [0, 0.1) is 0 Å². The fourth-order valence-corrected chi connectivity index (χ4v) is 4.07. The summed E-state index contributed by atoms with van der Waals surface area (Å²) < 4.78 is 7.59. The van der Waals surface area contributed by atoms with Gasteiger partial charge in [-0.05, 0) is 25.0 Å². The summed E-state index contributed by atoms with van der Waals surface area (Å²) in [6.45, 7) is 3.29. The summed E-state index contributed by atoms with van der Waals surface area (Å²) in [5.74, 6) is 1.73. The van der Waals surface area contributed by atoms with Crippen LogP contribution in [0.1, 0.15) is 25.1 Å². The Bertz CT molecular complexity index is 947. The largest absolute Gasteiger partial charge is 0.480 e. The Kier molecular flexibility index (Phi) is 3.85. The second kappa shape index (κ2) is 6.36. The molecule has 0 radical (unpaired) electrons. The molecule has 134 valence electrons. The van der Waals surface area contributed by atoms with Gasteiger partial charge in [-0.25, -0.2) is 9.97 Å².